The maximum absolute atomic E-state index is 14.8. The van der Waals surface area contributed by atoms with Crippen molar-refractivity contribution in [1.82, 2.24) is 26.2 Å². The Hall–Kier alpha value is -2.74. The first kappa shape index (κ1) is 42.4. The molecule has 5 amide bonds. The molecule has 0 aromatic heterocycles. The van der Waals surface area contributed by atoms with E-state index in [4.69, 9.17) is 4.74 Å². The number of hydrogen-bond acceptors (Lipinski definition) is 8. The second-order valence-corrected chi connectivity index (χ2v) is 22.1. The van der Waals surface area contributed by atoms with Gasteiger partial charge in [-0.05, 0) is 87.9 Å². The zero-order chi connectivity index (χ0) is 39.9. The smallest absolute Gasteiger partial charge is 0.315 e. The topological polar surface area (TPSA) is 180 Å². The molecule has 14 heteroatoms. The van der Waals surface area contributed by atoms with E-state index in [1.807, 2.05) is 34.6 Å². The van der Waals surface area contributed by atoms with Gasteiger partial charge in [-0.2, -0.15) is 0 Å². The molecule has 13 nitrogen and oxygen atoms in total. The zero-order valence-corrected chi connectivity index (χ0v) is 34.8. The minimum Gasteiger partial charge on any atom is -0.381 e. The summed E-state index contributed by atoms with van der Waals surface area (Å²) < 4.78 is 32.4. The molecular formula is C40H67N5O8S. The van der Waals surface area contributed by atoms with Crippen molar-refractivity contribution >= 4 is 39.4 Å². The van der Waals surface area contributed by atoms with Gasteiger partial charge in [-0.25, -0.2) is 13.2 Å². The highest BCUT2D eigenvalue weighted by Gasteiger charge is 2.62. The number of carbonyl (C=O) groups is 5. The van der Waals surface area contributed by atoms with Gasteiger partial charge in [0.15, 0.2) is 9.84 Å². The Morgan fingerprint density at radius 2 is 1.50 bits per heavy atom. The van der Waals surface area contributed by atoms with E-state index in [1.54, 1.807) is 11.8 Å². The summed E-state index contributed by atoms with van der Waals surface area (Å²) in [6.07, 6.45) is 8.48. The van der Waals surface area contributed by atoms with Crippen LogP contribution in [0.25, 0.3) is 0 Å². The van der Waals surface area contributed by atoms with Gasteiger partial charge in [0.2, 0.25) is 17.6 Å². The maximum atomic E-state index is 14.8. The summed E-state index contributed by atoms with van der Waals surface area (Å²) in [5.74, 6) is -2.53. The van der Waals surface area contributed by atoms with Gasteiger partial charge in [-0.3, -0.25) is 19.2 Å². The molecular weight excluding hydrogens is 711 g/mol. The third kappa shape index (κ3) is 9.10. The van der Waals surface area contributed by atoms with Crippen molar-refractivity contribution in [2.75, 3.05) is 25.5 Å². The van der Waals surface area contributed by atoms with E-state index in [9.17, 15) is 32.4 Å². The summed E-state index contributed by atoms with van der Waals surface area (Å²) in [4.78, 5) is 71.2. The van der Waals surface area contributed by atoms with Gasteiger partial charge in [-0.15, -0.1) is 0 Å². The van der Waals surface area contributed by atoms with Gasteiger partial charge in [0.1, 0.15) is 12.1 Å². The monoisotopic (exact) mass is 777 g/mol. The van der Waals surface area contributed by atoms with Crippen molar-refractivity contribution in [3.05, 3.63) is 0 Å². The van der Waals surface area contributed by atoms with Crippen LogP contribution in [0.3, 0.4) is 0 Å². The summed E-state index contributed by atoms with van der Waals surface area (Å²) in [6.45, 7) is 16.5. The molecule has 2 heterocycles. The minimum absolute atomic E-state index is 0.0688. The largest absolute Gasteiger partial charge is 0.381 e. The quantitative estimate of drug-likeness (QED) is 0.190. The maximum Gasteiger partial charge on any atom is 0.315 e. The third-order valence-electron chi connectivity index (χ3n) is 13.3. The van der Waals surface area contributed by atoms with Gasteiger partial charge < -0.3 is 30.9 Å². The van der Waals surface area contributed by atoms with E-state index in [0.717, 1.165) is 44.9 Å². The SMILES string of the molecule is CCCCC(NC(=O)C1C2C(CN1C(=O)C(NC(=O)NC1(CS(=O)(=O)C3(C)CCOCC3)CCCCC1)C(C)(C)C)CC2(C)C)C(=O)C(=O)NC1(C)CC1. The molecule has 0 aromatic rings. The predicted octanol–water partition coefficient (Wildman–Crippen LogP) is 4.17. The normalized spacial score (nSPS) is 27.6. The molecule has 54 heavy (non-hydrogen) atoms. The van der Waals surface area contributed by atoms with Crippen LogP contribution < -0.4 is 21.3 Å². The number of nitrogens with one attached hydrogen (secondary N) is 4. The number of urea groups is 1. The molecule has 306 valence electrons. The lowest BCUT2D eigenvalue weighted by Gasteiger charge is -2.49. The van der Waals surface area contributed by atoms with Gasteiger partial charge in [-0.1, -0.05) is 73.6 Å². The standard InChI is InChI=1S/C40H67N5O8S/c1-9-10-14-27(30(46)33(48)43-38(7)17-18-38)41-32(47)29-28-26(23-37(28,5)6)24-45(29)34(49)31(36(2,3)4)42-35(50)44-40(15-12-11-13-16-40)25-54(51,52)39(8)19-21-53-22-20-39/h26-29,31H,9-25H2,1-8H3,(H,41,47)(H,43,48)(H2,42,44,50). The van der Waals surface area contributed by atoms with Gasteiger partial charge in [0.05, 0.1) is 22.1 Å². The first-order chi connectivity index (χ1) is 25.1. The molecule has 0 bridgehead atoms. The van der Waals surface area contributed by atoms with Crippen LogP contribution >= 0.6 is 0 Å². The molecule has 0 spiro atoms. The Balaban J connectivity index is 1.36. The number of fused-ring (bicyclic) bond motifs is 1. The van der Waals surface area contributed by atoms with Crippen molar-refractivity contribution in [3.8, 4) is 0 Å². The Morgan fingerprint density at radius 1 is 0.870 bits per heavy atom. The van der Waals surface area contributed by atoms with Crippen molar-refractivity contribution in [2.45, 2.75) is 173 Å². The second-order valence-electron chi connectivity index (χ2n) is 19.6. The van der Waals surface area contributed by atoms with Crippen LogP contribution in [0.5, 0.6) is 0 Å². The van der Waals surface area contributed by atoms with E-state index < -0.39 is 73.2 Å². The fraction of sp³-hybridized carbons (Fsp3) is 0.875. The molecule has 3 saturated carbocycles. The van der Waals surface area contributed by atoms with E-state index in [1.165, 1.54) is 0 Å². The first-order valence-electron chi connectivity index (χ1n) is 20.4. The lowest BCUT2D eigenvalue weighted by Crippen LogP contribution is -2.64. The highest BCUT2D eigenvalue weighted by Crippen LogP contribution is 2.57. The van der Waals surface area contributed by atoms with Crippen LogP contribution in [-0.4, -0.2) is 102 Å². The third-order valence-corrected chi connectivity index (χ3v) is 16.2. The predicted molar refractivity (Wildman–Crippen MR) is 206 cm³/mol. The highest BCUT2D eigenvalue weighted by atomic mass is 32.2. The number of carbonyl (C=O) groups excluding carboxylic acids is 5. The molecule has 5 rings (SSSR count). The summed E-state index contributed by atoms with van der Waals surface area (Å²) >= 11 is 0. The Kier molecular flexibility index (Phi) is 12.3. The molecule has 3 aliphatic carbocycles. The van der Waals surface area contributed by atoms with Crippen molar-refractivity contribution < 1.29 is 37.1 Å². The van der Waals surface area contributed by atoms with Crippen molar-refractivity contribution in [1.29, 1.82) is 0 Å². The Bertz CT molecular complexity index is 1560. The molecule has 5 atom stereocenters. The molecule has 2 aliphatic heterocycles. The van der Waals surface area contributed by atoms with Crippen LogP contribution in [0, 0.1) is 22.7 Å². The number of Topliss-reactive ketones (excluding diaryl/α,β-unsaturated/α-hetero) is 1. The summed E-state index contributed by atoms with van der Waals surface area (Å²) in [5, 5.41) is 11.7. The number of ketones is 1. The van der Waals surface area contributed by atoms with Gasteiger partial charge >= 0.3 is 6.03 Å². The van der Waals surface area contributed by atoms with Crippen molar-refractivity contribution in [3.63, 3.8) is 0 Å². The number of sulfone groups is 1. The number of ether oxygens (including phenoxy) is 1. The van der Waals surface area contributed by atoms with Crippen LogP contribution in [0.2, 0.25) is 0 Å². The van der Waals surface area contributed by atoms with Crippen LogP contribution in [-0.2, 0) is 33.8 Å². The molecule has 2 saturated heterocycles. The molecule has 0 aromatic carbocycles. The van der Waals surface area contributed by atoms with Crippen LogP contribution in [0.15, 0.2) is 0 Å². The minimum atomic E-state index is -3.63. The molecule has 4 N–H and O–H groups in total. The summed E-state index contributed by atoms with van der Waals surface area (Å²) in [6, 6.07) is -3.56. The Morgan fingerprint density at radius 3 is 2.06 bits per heavy atom. The molecule has 5 fully saturated rings. The summed E-state index contributed by atoms with van der Waals surface area (Å²) in [7, 11) is -3.63. The first-order valence-corrected chi connectivity index (χ1v) is 22.1. The lowest BCUT2D eigenvalue weighted by atomic mass is 9.55. The number of nitrogens with zero attached hydrogens (tertiary/aromatic N) is 1. The average Bonchev–Trinajstić information content (AvgIpc) is 3.70. The van der Waals surface area contributed by atoms with E-state index in [-0.39, 0.29) is 28.5 Å². The number of likely N-dealkylation sites (tertiary alicyclic amines) is 1. The fourth-order valence-corrected chi connectivity index (χ4v) is 11.7. The zero-order valence-electron chi connectivity index (χ0n) is 34.0. The number of unbranched alkanes of at least 4 members (excludes halogenated alkanes) is 1. The van der Waals surface area contributed by atoms with Crippen molar-refractivity contribution in [2.24, 2.45) is 22.7 Å². The molecule has 5 aliphatic rings. The number of hydrogen-bond donors (Lipinski definition) is 4. The van der Waals surface area contributed by atoms with E-state index >= 15 is 0 Å². The van der Waals surface area contributed by atoms with Gasteiger partial charge in [0, 0.05) is 25.3 Å². The number of rotatable bonds is 14. The number of amides is 5. The van der Waals surface area contributed by atoms with E-state index in [0.29, 0.717) is 58.3 Å². The molecule has 5 unspecified atom stereocenters. The molecule has 0 radical (unpaired) electrons. The Labute approximate surface area is 322 Å². The average molecular weight is 778 g/mol. The fourth-order valence-electron chi connectivity index (χ4n) is 9.52. The van der Waals surface area contributed by atoms with Crippen LogP contribution in [0.4, 0.5) is 4.79 Å². The second kappa shape index (κ2) is 15.7. The van der Waals surface area contributed by atoms with E-state index in [2.05, 4.69) is 35.1 Å². The summed E-state index contributed by atoms with van der Waals surface area (Å²) in [5.41, 5.74) is -2.38. The lowest BCUT2D eigenvalue weighted by molar-refractivity contribution is -0.146. The van der Waals surface area contributed by atoms with Gasteiger partial charge in [0.25, 0.3) is 5.91 Å². The highest BCUT2D eigenvalue weighted by molar-refractivity contribution is 7.92. The van der Waals surface area contributed by atoms with Crippen LogP contribution in [0.1, 0.15) is 139 Å².